The summed E-state index contributed by atoms with van der Waals surface area (Å²) in [6.07, 6.45) is 4.27. The molecule has 5 rings (SSSR count). The molecule has 6 heteroatoms. The number of rotatable bonds is 4. The fourth-order valence-corrected chi connectivity index (χ4v) is 5.04. The summed E-state index contributed by atoms with van der Waals surface area (Å²) < 4.78 is 6.70. The summed E-state index contributed by atoms with van der Waals surface area (Å²) in [6, 6.07) is 16.6. The van der Waals surface area contributed by atoms with E-state index >= 15 is 0 Å². The van der Waals surface area contributed by atoms with E-state index in [-0.39, 0.29) is 18.5 Å². The van der Waals surface area contributed by atoms with Crippen LogP contribution in [0, 0.1) is 0 Å². The Morgan fingerprint density at radius 2 is 1.80 bits per heavy atom. The van der Waals surface area contributed by atoms with Crippen molar-refractivity contribution in [2.45, 2.75) is 44.3 Å². The number of amides is 1. The summed E-state index contributed by atoms with van der Waals surface area (Å²) in [7, 11) is 1.87. The van der Waals surface area contributed by atoms with Crippen LogP contribution in [0.2, 0.25) is 0 Å². The van der Waals surface area contributed by atoms with E-state index in [0.29, 0.717) is 17.1 Å². The Morgan fingerprint density at radius 3 is 2.57 bits per heavy atom. The molecule has 0 radical (unpaired) electrons. The van der Waals surface area contributed by atoms with Gasteiger partial charge in [-0.3, -0.25) is 14.3 Å². The summed E-state index contributed by atoms with van der Waals surface area (Å²) in [5, 5.41) is 0. The zero-order chi connectivity index (χ0) is 20.7. The lowest BCUT2D eigenvalue weighted by Gasteiger charge is -2.40. The van der Waals surface area contributed by atoms with Crippen molar-refractivity contribution in [2.75, 3.05) is 20.1 Å². The van der Waals surface area contributed by atoms with Crippen molar-refractivity contribution in [3.8, 4) is 0 Å². The maximum Gasteiger partial charge on any atom is 0.420 e. The molecular weight excluding hydrogens is 378 g/mol. The highest BCUT2D eigenvalue weighted by atomic mass is 16.4. The van der Waals surface area contributed by atoms with Gasteiger partial charge in [0.25, 0.3) is 0 Å². The highest BCUT2D eigenvalue weighted by molar-refractivity contribution is 5.79. The fourth-order valence-electron chi connectivity index (χ4n) is 5.04. The number of oxazole rings is 1. The second-order valence-electron chi connectivity index (χ2n) is 8.55. The molecular formula is C24H27N3O3. The highest BCUT2D eigenvalue weighted by Gasteiger charge is 2.33. The van der Waals surface area contributed by atoms with Gasteiger partial charge in [0.05, 0.1) is 5.52 Å². The average molecular weight is 405 g/mol. The van der Waals surface area contributed by atoms with Crippen LogP contribution in [-0.2, 0) is 24.2 Å². The molecule has 1 amide bonds. The van der Waals surface area contributed by atoms with Gasteiger partial charge in [0.2, 0.25) is 5.91 Å². The number of benzene rings is 2. The third-order valence-electron chi connectivity index (χ3n) is 6.78. The van der Waals surface area contributed by atoms with Crippen LogP contribution < -0.4 is 5.76 Å². The van der Waals surface area contributed by atoms with Crippen molar-refractivity contribution < 1.29 is 9.21 Å². The smallest absolute Gasteiger partial charge is 0.408 e. The summed E-state index contributed by atoms with van der Waals surface area (Å²) in [4.78, 5) is 29.6. The van der Waals surface area contributed by atoms with E-state index < -0.39 is 5.76 Å². The van der Waals surface area contributed by atoms with Crippen LogP contribution in [0.5, 0.6) is 0 Å². The van der Waals surface area contributed by atoms with Crippen LogP contribution in [0.1, 0.15) is 24.0 Å². The molecule has 30 heavy (non-hydrogen) atoms. The monoisotopic (exact) mass is 405 g/mol. The van der Waals surface area contributed by atoms with E-state index in [4.69, 9.17) is 4.42 Å². The van der Waals surface area contributed by atoms with Crippen molar-refractivity contribution in [1.82, 2.24) is 14.4 Å². The molecule has 0 saturated carbocycles. The van der Waals surface area contributed by atoms with Crippen LogP contribution >= 0.6 is 0 Å². The first-order valence-corrected chi connectivity index (χ1v) is 10.7. The molecule has 1 unspecified atom stereocenters. The van der Waals surface area contributed by atoms with E-state index in [0.717, 1.165) is 38.8 Å². The SMILES string of the molecule is CN(C(=O)Cn1c(=O)oc2ccccc21)C1CCCN(C2Cc3ccccc3C2)C1. The number of carbonyl (C=O) groups excluding carboxylic acids is 1. The Balaban J connectivity index is 1.26. The van der Waals surface area contributed by atoms with Gasteiger partial charge in [0.1, 0.15) is 6.54 Å². The minimum atomic E-state index is -0.480. The van der Waals surface area contributed by atoms with Gasteiger partial charge in [0, 0.05) is 25.7 Å². The molecule has 1 fully saturated rings. The summed E-state index contributed by atoms with van der Waals surface area (Å²) in [5.74, 6) is -0.530. The quantitative estimate of drug-likeness (QED) is 0.670. The van der Waals surface area contributed by atoms with E-state index in [1.54, 1.807) is 6.07 Å². The van der Waals surface area contributed by atoms with Crippen molar-refractivity contribution in [1.29, 1.82) is 0 Å². The zero-order valence-corrected chi connectivity index (χ0v) is 17.3. The zero-order valence-electron chi connectivity index (χ0n) is 17.3. The van der Waals surface area contributed by atoms with Gasteiger partial charge < -0.3 is 9.32 Å². The molecule has 1 aromatic heterocycles. The van der Waals surface area contributed by atoms with Crippen molar-refractivity contribution in [3.63, 3.8) is 0 Å². The molecule has 0 bridgehead atoms. The Kier molecular flexibility index (Phi) is 4.95. The minimum Gasteiger partial charge on any atom is -0.408 e. The van der Waals surface area contributed by atoms with Gasteiger partial charge in [-0.1, -0.05) is 36.4 Å². The standard InChI is InChI=1S/C24H27N3O3/c1-25(23(28)16-27-21-10-4-5-11-22(21)30-24(27)29)19-9-6-12-26(15-19)20-13-17-7-2-3-8-18(17)14-20/h2-5,7-8,10-11,19-20H,6,9,12-16H2,1H3. The number of likely N-dealkylation sites (N-methyl/N-ethyl adjacent to an activating group) is 1. The molecule has 1 aliphatic heterocycles. The number of likely N-dealkylation sites (tertiary alicyclic amines) is 1. The fraction of sp³-hybridized carbons (Fsp3) is 0.417. The molecule has 156 valence electrons. The number of hydrogen-bond acceptors (Lipinski definition) is 4. The number of fused-ring (bicyclic) bond motifs is 2. The number of nitrogens with zero attached hydrogens (tertiary/aromatic N) is 3. The average Bonchev–Trinajstić information content (AvgIpc) is 3.34. The van der Waals surface area contributed by atoms with Gasteiger partial charge in [-0.15, -0.1) is 0 Å². The van der Waals surface area contributed by atoms with Crippen LogP contribution in [0.3, 0.4) is 0 Å². The molecule has 2 aliphatic rings. The second kappa shape index (κ2) is 7.76. The number of piperidine rings is 1. The number of aromatic nitrogens is 1. The third kappa shape index (κ3) is 3.45. The Bertz CT molecular complexity index is 1110. The van der Waals surface area contributed by atoms with Crippen LogP contribution in [0.25, 0.3) is 11.1 Å². The first kappa shape index (κ1) is 19.1. The predicted octanol–water partition coefficient (Wildman–Crippen LogP) is 2.68. The first-order chi connectivity index (χ1) is 14.6. The molecule has 1 atom stereocenters. The maximum absolute atomic E-state index is 13.0. The molecule has 1 saturated heterocycles. The van der Waals surface area contributed by atoms with Crippen molar-refractivity contribution in [3.05, 3.63) is 70.2 Å². The largest absolute Gasteiger partial charge is 0.420 e. The highest BCUT2D eigenvalue weighted by Crippen LogP contribution is 2.28. The normalized spacial score (nSPS) is 19.8. The van der Waals surface area contributed by atoms with E-state index in [2.05, 4.69) is 29.2 Å². The van der Waals surface area contributed by atoms with Crippen molar-refractivity contribution in [2.24, 2.45) is 0 Å². The van der Waals surface area contributed by atoms with Gasteiger partial charge in [-0.05, 0) is 55.5 Å². The molecule has 0 N–H and O–H groups in total. The Morgan fingerprint density at radius 1 is 1.10 bits per heavy atom. The van der Waals surface area contributed by atoms with E-state index in [1.165, 1.54) is 15.7 Å². The molecule has 1 aliphatic carbocycles. The topological polar surface area (TPSA) is 58.7 Å². The van der Waals surface area contributed by atoms with Crippen LogP contribution in [-0.4, -0.2) is 52.5 Å². The number of hydrogen-bond donors (Lipinski definition) is 0. The Labute approximate surface area is 175 Å². The Hall–Kier alpha value is -2.86. The molecule has 2 aromatic carbocycles. The van der Waals surface area contributed by atoms with Crippen LogP contribution in [0.15, 0.2) is 57.7 Å². The molecule has 2 heterocycles. The van der Waals surface area contributed by atoms with E-state index in [9.17, 15) is 9.59 Å². The molecule has 3 aromatic rings. The lowest BCUT2D eigenvalue weighted by molar-refractivity contribution is -0.133. The maximum atomic E-state index is 13.0. The number of carbonyl (C=O) groups is 1. The van der Waals surface area contributed by atoms with Gasteiger partial charge in [0.15, 0.2) is 5.58 Å². The van der Waals surface area contributed by atoms with Gasteiger partial charge in [-0.25, -0.2) is 4.79 Å². The number of para-hydroxylation sites is 2. The molecule has 6 nitrogen and oxygen atoms in total. The van der Waals surface area contributed by atoms with Crippen LogP contribution in [0.4, 0.5) is 0 Å². The molecule has 0 spiro atoms. The van der Waals surface area contributed by atoms with Crippen molar-refractivity contribution >= 4 is 17.0 Å². The lowest BCUT2D eigenvalue weighted by Crippen LogP contribution is -2.52. The minimum absolute atomic E-state index is 0.0116. The second-order valence-corrected chi connectivity index (χ2v) is 8.55. The van der Waals surface area contributed by atoms with E-state index in [1.807, 2.05) is 30.1 Å². The third-order valence-corrected chi connectivity index (χ3v) is 6.78. The van der Waals surface area contributed by atoms with Gasteiger partial charge in [-0.2, -0.15) is 0 Å². The van der Waals surface area contributed by atoms with Gasteiger partial charge >= 0.3 is 5.76 Å². The summed E-state index contributed by atoms with van der Waals surface area (Å²) in [6.45, 7) is 1.99. The first-order valence-electron chi connectivity index (χ1n) is 10.7. The predicted molar refractivity (Wildman–Crippen MR) is 115 cm³/mol. The summed E-state index contributed by atoms with van der Waals surface area (Å²) in [5.41, 5.74) is 4.10. The summed E-state index contributed by atoms with van der Waals surface area (Å²) >= 11 is 0. The lowest BCUT2D eigenvalue weighted by atomic mass is 10.0.